The quantitative estimate of drug-likeness (QED) is 0.183. The third-order valence-electron chi connectivity index (χ3n) is 8.66. The van der Waals surface area contributed by atoms with Crippen LogP contribution in [0.5, 0.6) is 0 Å². The highest BCUT2D eigenvalue weighted by Crippen LogP contribution is 2.40. The summed E-state index contributed by atoms with van der Waals surface area (Å²) in [5.41, 5.74) is 11.4. The maximum Gasteiger partial charge on any atom is 0.0651 e. The molecule has 2 atom stereocenters. The number of fused-ring (bicyclic) bond motifs is 2. The lowest BCUT2D eigenvalue weighted by atomic mass is 9.79. The summed E-state index contributed by atoms with van der Waals surface area (Å²) in [5.74, 6) is 0.260. The van der Waals surface area contributed by atoms with Gasteiger partial charge in [-0.05, 0) is 79.3 Å². The van der Waals surface area contributed by atoms with Gasteiger partial charge in [0, 0.05) is 36.3 Å². The summed E-state index contributed by atoms with van der Waals surface area (Å²) in [5, 5.41) is 6.18. The fourth-order valence-corrected chi connectivity index (χ4v) is 6.26. The van der Waals surface area contributed by atoms with Crippen molar-refractivity contribution < 1.29 is 0 Å². The molecule has 0 saturated heterocycles. The number of benzene rings is 4. The van der Waals surface area contributed by atoms with Gasteiger partial charge >= 0.3 is 0 Å². The first-order valence-electron chi connectivity index (χ1n) is 15.2. The van der Waals surface area contributed by atoms with Crippen LogP contribution in [-0.4, -0.2) is 18.8 Å². The Bertz CT molecular complexity index is 1720. The smallest absolute Gasteiger partial charge is 0.0651 e. The number of hydrogen-bond donors (Lipinski definition) is 1. The Morgan fingerprint density at radius 1 is 0.930 bits per heavy atom. The summed E-state index contributed by atoms with van der Waals surface area (Å²) in [7, 11) is 2.13. The van der Waals surface area contributed by atoms with E-state index in [0.29, 0.717) is 0 Å². The minimum absolute atomic E-state index is 0.0479. The third kappa shape index (κ3) is 6.41. The molecule has 0 saturated carbocycles. The van der Waals surface area contributed by atoms with Crippen molar-refractivity contribution in [3.05, 3.63) is 150 Å². The zero-order chi connectivity index (χ0) is 30.5. The van der Waals surface area contributed by atoms with Crippen LogP contribution < -0.4 is 10.2 Å². The molecule has 0 spiro atoms. The molecule has 218 valence electrons. The van der Waals surface area contributed by atoms with Crippen LogP contribution in [0, 0.1) is 13.8 Å². The first-order chi connectivity index (χ1) is 20.8. The van der Waals surface area contributed by atoms with Gasteiger partial charge in [0.15, 0.2) is 0 Å². The fraction of sp³-hybridized carbons (Fsp3) is 0.225. The minimum Gasteiger partial charge on any atom is -0.353 e. The average molecular weight is 566 g/mol. The van der Waals surface area contributed by atoms with E-state index in [0.717, 1.165) is 53.3 Å². The molecule has 43 heavy (non-hydrogen) atoms. The van der Waals surface area contributed by atoms with Gasteiger partial charge in [0.25, 0.3) is 0 Å². The minimum atomic E-state index is 0.0479. The lowest BCUT2D eigenvalue weighted by Gasteiger charge is -2.34. The summed E-state index contributed by atoms with van der Waals surface area (Å²) < 4.78 is 0. The SMILES string of the molecule is C=CC1=NC(CC(=C)N(C)c2cc3ccccc3cc2Nc2c(C)cccc2C)C(CCC(=C)/C=C\C)c2ccccc21. The molecule has 1 aliphatic heterocycles. The van der Waals surface area contributed by atoms with Crippen LogP contribution in [0.15, 0.2) is 133 Å². The van der Waals surface area contributed by atoms with Gasteiger partial charge in [0.05, 0.1) is 23.1 Å². The van der Waals surface area contributed by atoms with Crippen molar-refractivity contribution in [3.8, 4) is 0 Å². The predicted octanol–water partition coefficient (Wildman–Crippen LogP) is 10.6. The van der Waals surface area contributed by atoms with E-state index in [1.54, 1.807) is 0 Å². The van der Waals surface area contributed by atoms with Crippen molar-refractivity contribution >= 4 is 33.5 Å². The second-order valence-electron chi connectivity index (χ2n) is 11.6. The van der Waals surface area contributed by atoms with E-state index < -0.39 is 0 Å². The molecule has 1 heterocycles. The van der Waals surface area contributed by atoms with Crippen LogP contribution in [0.1, 0.15) is 54.4 Å². The van der Waals surface area contributed by atoms with E-state index in [9.17, 15) is 0 Å². The van der Waals surface area contributed by atoms with Crippen LogP contribution in [-0.2, 0) is 0 Å². The Balaban J connectivity index is 1.49. The van der Waals surface area contributed by atoms with Crippen LogP contribution in [0.25, 0.3) is 10.8 Å². The van der Waals surface area contributed by atoms with Crippen molar-refractivity contribution in [3.63, 3.8) is 0 Å². The Hall–Kier alpha value is -4.63. The lowest BCUT2D eigenvalue weighted by Crippen LogP contribution is -2.29. The van der Waals surface area contributed by atoms with E-state index in [2.05, 4.69) is 142 Å². The summed E-state index contributed by atoms with van der Waals surface area (Å²) in [6.07, 6.45) is 8.70. The number of para-hydroxylation sites is 1. The highest BCUT2D eigenvalue weighted by molar-refractivity contribution is 6.10. The number of aliphatic imine (C=N–C) groups is 1. The molecular weight excluding hydrogens is 522 g/mol. The zero-order valence-electron chi connectivity index (χ0n) is 26.0. The standard InChI is InChI=1S/C40H43N3/c1-8-15-27(3)22-23-35-33-20-12-13-21-34(33)36(9-2)41-37(35)24-30(6)43(7)39-26-32-19-11-10-18-31(32)25-38(39)42-40-28(4)16-14-17-29(40)5/h8-21,25-26,35,37,42H,2-3,6,22-24H2,1,4-5,7H3/b15-8-. The number of anilines is 3. The molecule has 1 N–H and O–H groups in total. The molecule has 3 heteroatoms. The molecule has 4 aromatic rings. The monoisotopic (exact) mass is 565 g/mol. The van der Waals surface area contributed by atoms with Gasteiger partial charge in [0.1, 0.15) is 0 Å². The summed E-state index contributed by atoms with van der Waals surface area (Å²) >= 11 is 0. The molecule has 1 aliphatic rings. The second kappa shape index (κ2) is 13.1. The predicted molar refractivity (Wildman–Crippen MR) is 188 cm³/mol. The van der Waals surface area contributed by atoms with Crippen LogP contribution in [0.2, 0.25) is 0 Å². The van der Waals surface area contributed by atoms with Crippen molar-refractivity contribution in [2.75, 3.05) is 17.3 Å². The first kappa shape index (κ1) is 29.8. The van der Waals surface area contributed by atoms with Gasteiger partial charge in [0.2, 0.25) is 0 Å². The van der Waals surface area contributed by atoms with Crippen molar-refractivity contribution in [2.24, 2.45) is 4.99 Å². The van der Waals surface area contributed by atoms with Gasteiger partial charge < -0.3 is 10.2 Å². The van der Waals surface area contributed by atoms with Gasteiger partial charge in [-0.1, -0.05) is 104 Å². The Kier molecular flexibility index (Phi) is 9.11. The molecule has 5 rings (SSSR count). The normalized spacial score (nSPS) is 16.0. The van der Waals surface area contributed by atoms with Crippen molar-refractivity contribution in [1.29, 1.82) is 0 Å². The van der Waals surface area contributed by atoms with Gasteiger partial charge in [-0.25, -0.2) is 0 Å². The van der Waals surface area contributed by atoms with Crippen molar-refractivity contribution in [1.82, 2.24) is 0 Å². The molecule has 4 aromatic carbocycles. The number of rotatable bonds is 11. The van der Waals surface area contributed by atoms with Gasteiger partial charge in [-0.2, -0.15) is 0 Å². The molecule has 0 bridgehead atoms. The van der Waals surface area contributed by atoms with Gasteiger partial charge in [-0.15, -0.1) is 0 Å². The van der Waals surface area contributed by atoms with Crippen LogP contribution in [0.4, 0.5) is 17.1 Å². The first-order valence-corrected chi connectivity index (χ1v) is 15.2. The lowest BCUT2D eigenvalue weighted by molar-refractivity contribution is 0.490. The molecule has 0 fully saturated rings. The summed E-state index contributed by atoms with van der Waals surface area (Å²) in [6.45, 7) is 19.4. The highest BCUT2D eigenvalue weighted by atomic mass is 15.1. The summed E-state index contributed by atoms with van der Waals surface area (Å²) in [4.78, 5) is 7.51. The number of nitrogens with one attached hydrogen (secondary N) is 1. The molecule has 3 nitrogen and oxygen atoms in total. The summed E-state index contributed by atoms with van der Waals surface area (Å²) in [6, 6.07) is 28.2. The molecule has 0 aliphatic carbocycles. The highest BCUT2D eigenvalue weighted by Gasteiger charge is 2.31. The molecular formula is C40H43N3. The van der Waals surface area contributed by atoms with Gasteiger partial charge in [-0.3, -0.25) is 4.99 Å². The van der Waals surface area contributed by atoms with E-state index in [4.69, 9.17) is 4.99 Å². The third-order valence-corrected chi connectivity index (χ3v) is 8.66. The maximum atomic E-state index is 5.27. The van der Waals surface area contributed by atoms with Crippen LogP contribution >= 0.6 is 0 Å². The number of hydrogen-bond acceptors (Lipinski definition) is 3. The number of nitrogens with zero attached hydrogens (tertiary/aromatic N) is 2. The second-order valence-corrected chi connectivity index (χ2v) is 11.6. The Morgan fingerprint density at radius 2 is 1.60 bits per heavy atom. The Morgan fingerprint density at radius 3 is 2.30 bits per heavy atom. The topological polar surface area (TPSA) is 27.6 Å². The maximum absolute atomic E-state index is 5.27. The van der Waals surface area contributed by atoms with E-state index >= 15 is 0 Å². The number of aryl methyl sites for hydroxylation is 2. The largest absolute Gasteiger partial charge is 0.353 e. The van der Waals surface area contributed by atoms with E-state index in [1.165, 1.54) is 33.0 Å². The van der Waals surface area contributed by atoms with E-state index in [-0.39, 0.29) is 12.0 Å². The molecule has 0 amide bonds. The Labute approximate surface area is 257 Å². The average Bonchev–Trinajstić information content (AvgIpc) is 3.01. The zero-order valence-corrected chi connectivity index (χ0v) is 26.0. The molecule has 0 radical (unpaired) electrons. The molecule has 0 aromatic heterocycles. The molecule has 2 unspecified atom stereocenters. The fourth-order valence-electron chi connectivity index (χ4n) is 6.26. The number of allylic oxidation sites excluding steroid dienone is 4. The van der Waals surface area contributed by atoms with E-state index in [1.807, 2.05) is 13.0 Å². The van der Waals surface area contributed by atoms with Crippen molar-refractivity contribution in [2.45, 2.75) is 52.0 Å². The van der Waals surface area contributed by atoms with Crippen LogP contribution in [0.3, 0.4) is 0 Å².